The van der Waals surface area contributed by atoms with E-state index in [9.17, 15) is 4.39 Å². The van der Waals surface area contributed by atoms with Crippen molar-refractivity contribution in [3.63, 3.8) is 0 Å². The maximum absolute atomic E-state index is 13.2. The van der Waals surface area contributed by atoms with E-state index in [0.29, 0.717) is 0 Å². The van der Waals surface area contributed by atoms with Crippen LogP contribution < -0.4 is 5.32 Å². The Labute approximate surface area is 107 Å². The molecule has 1 heterocycles. The second-order valence-corrected chi connectivity index (χ2v) is 4.17. The normalized spacial score (nSPS) is 18.5. The Morgan fingerprint density at radius 3 is 2.59 bits per heavy atom. The lowest BCUT2D eigenvalue weighted by molar-refractivity contribution is 0.185. The maximum atomic E-state index is 13.2. The Morgan fingerprint density at radius 2 is 2.00 bits per heavy atom. The van der Waals surface area contributed by atoms with Gasteiger partial charge in [0.1, 0.15) is 0 Å². The first-order chi connectivity index (χ1) is 7.68. The van der Waals surface area contributed by atoms with Crippen LogP contribution in [-0.2, 0) is 0 Å². The van der Waals surface area contributed by atoms with Gasteiger partial charge < -0.3 is 10.4 Å². The van der Waals surface area contributed by atoms with Crippen molar-refractivity contribution in [3.8, 4) is 5.75 Å². The van der Waals surface area contributed by atoms with E-state index in [1.165, 1.54) is 12.1 Å². The summed E-state index contributed by atoms with van der Waals surface area (Å²) < 4.78 is 13.2. The minimum absolute atomic E-state index is 0. The standard InChI is InChI=1S/C12H17FN2O.ClH/c1-9(15-6-4-14-5-7-15)10-2-3-12(16)11(13)8-10;/h2-3,8-9,14,16H,4-7H2,1H3;1H/t9-;/m1./s1. The summed E-state index contributed by atoms with van der Waals surface area (Å²) in [6, 6.07) is 4.81. The molecular weight excluding hydrogens is 243 g/mol. The Kier molecular flexibility index (Phi) is 5.18. The molecule has 1 aromatic carbocycles. The van der Waals surface area contributed by atoms with E-state index >= 15 is 0 Å². The monoisotopic (exact) mass is 260 g/mol. The second-order valence-electron chi connectivity index (χ2n) is 4.17. The molecule has 1 aromatic rings. The quantitative estimate of drug-likeness (QED) is 0.853. The van der Waals surface area contributed by atoms with Crippen LogP contribution in [0, 0.1) is 5.82 Å². The van der Waals surface area contributed by atoms with Crippen LogP contribution in [-0.4, -0.2) is 36.2 Å². The van der Waals surface area contributed by atoms with Gasteiger partial charge in [-0.05, 0) is 24.6 Å². The van der Waals surface area contributed by atoms with Gasteiger partial charge in [0.15, 0.2) is 11.6 Å². The molecule has 0 spiro atoms. The summed E-state index contributed by atoms with van der Waals surface area (Å²) in [5.74, 6) is -0.823. The number of rotatable bonds is 2. The molecule has 1 saturated heterocycles. The van der Waals surface area contributed by atoms with Crippen LogP contribution in [0.1, 0.15) is 18.5 Å². The molecule has 0 amide bonds. The summed E-state index contributed by atoms with van der Waals surface area (Å²) in [5.41, 5.74) is 0.914. The average molecular weight is 261 g/mol. The van der Waals surface area contributed by atoms with E-state index in [0.717, 1.165) is 31.7 Å². The third-order valence-corrected chi connectivity index (χ3v) is 3.15. The third-order valence-electron chi connectivity index (χ3n) is 3.15. The summed E-state index contributed by atoms with van der Waals surface area (Å²) in [4.78, 5) is 2.31. The summed E-state index contributed by atoms with van der Waals surface area (Å²) in [6.45, 7) is 5.97. The van der Waals surface area contributed by atoms with Crippen LogP contribution in [0.15, 0.2) is 18.2 Å². The van der Waals surface area contributed by atoms with Crippen LogP contribution in [0.2, 0.25) is 0 Å². The second kappa shape index (κ2) is 6.19. The van der Waals surface area contributed by atoms with E-state index in [1.54, 1.807) is 6.07 Å². The Morgan fingerprint density at radius 1 is 1.35 bits per heavy atom. The van der Waals surface area contributed by atoms with Crippen molar-refractivity contribution < 1.29 is 9.50 Å². The molecule has 2 rings (SSSR count). The van der Waals surface area contributed by atoms with E-state index in [1.807, 2.05) is 0 Å². The molecule has 0 saturated carbocycles. The molecule has 1 aliphatic rings. The molecule has 3 nitrogen and oxygen atoms in total. The summed E-state index contributed by atoms with van der Waals surface area (Å²) in [5, 5.41) is 12.4. The number of phenols is 1. The highest BCUT2D eigenvalue weighted by Gasteiger charge is 2.18. The molecule has 0 unspecified atom stereocenters. The highest BCUT2D eigenvalue weighted by molar-refractivity contribution is 5.85. The molecule has 5 heteroatoms. The molecule has 1 aliphatic heterocycles. The fraction of sp³-hybridized carbons (Fsp3) is 0.500. The number of phenolic OH excluding ortho intramolecular Hbond substituents is 1. The number of nitrogens with zero attached hydrogens (tertiary/aromatic N) is 1. The van der Waals surface area contributed by atoms with Crippen LogP contribution in [0.5, 0.6) is 5.75 Å². The first-order valence-corrected chi connectivity index (χ1v) is 5.61. The number of benzene rings is 1. The molecule has 2 N–H and O–H groups in total. The zero-order valence-electron chi connectivity index (χ0n) is 9.82. The highest BCUT2D eigenvalue weighted by atomic mass is 35.5. The number of hydrogen-bond donors (Lipinski definition) is 2. The van der Waals surface area contributed by atoms with Gasteiger partial charge in [-0.1, -0.05) is 6.07 Å². The molecule has 0 aromatic heterocycles. The van der Waals surface area contributed by atoms with Crippen LogP contribution in [0.3, 0.4) is 0 Å². The van der Waals surface area contributed by atoms with E-state index in [-0.39, 0.29) is 24.2 Å². The number of nitrogens with one attached hydrogen (secondary N) is 1. The van der Waals surface area contributed by atoms with Gasteiger partial charge in [-0.25, -0.2) is 4.39 Å². The number of aromatic hydroxyl groups is 1. The van der Waals surface area contributed by atoms with Crippen molar-refractivity contribution in [1.82, 2.24) is 10.2 Å². The third kappa shape index (κ3) is 3.31. The molecule has 96 valence electrons. The van der Waals surface area contributed by atoms with Gasteiger partial charge in [0.2, 0.25) is 0 Å². The molecule has 0 bridgehead atoms. The molecule has 0 radical (unpaired) electrons. The number of piperazine rings is 1. The zero-order valence-corrected chi connectivity index (χ0v) is 10.6. The SMILES string of the molecule is C[C@H](c1ccc(O)c(F)c1)N1CCNCC1.Cl. The van der Waals surface area contributed by atoms with Crippen LogP contribution in [0.4, 0.5) is 4.39 Å². The van der Waals surface area contributed by atoms with Crippen molar-refractivity contribution in [3.05, 3.63) is 29.6 Å². The van der Waals surface area contributed by atoms with Crippen LogP contribution >= 0.6 is 12.4 Å². The van der Waals surface area contributed by atoms with Crippen molar-refractivity contribution in [2.24, 2.45) is 0 Å². The number of halogens is 2. The van der Waals surface area contributed by atoms with Crippen molar-refractivity contribution in [2.75, 3.05) is 26.2 Å². The molecule has 1 atom stereocenters. The molecule has 0 aliphatic carbocycles. The predicted octanol–water partition coefficient (Wildman–Crippen LogP) is 1.92. The lowest BCUT2D eigenvalue weighted by Crippen LogP contribution is -2.44. The Hall–Kier alpha value is -0.840. The summed E-state index contributed by atoms with van der Waals surface area (Å²) in [6.07, 6.45) is 0. The molecular formula is C12H18ClFN2O. The average Bonchev–Trinajstić information content (AvgIpc) is 2.33. The smallest absolute Gasteiger partial charge is 0.165 e. The minimum atomic E-state index is -0.542. The van der Waals surface area contributed by atoms with Gasteiger partial charge >= 0.3 is 0 Å². The maximum Gasteiger partial charge on any atom is 0.165 e. The molecule has 17 heavy (non-hydrogen) atoms. The Balaban J connectivity index is 0.00000144. The first-order valence-electron chi connectivity index (χ1n) is 5.61. The summed E-state index contributed by atoms with van der Waals surface area (Å²) in [7, 11) is 0. The van der Waals surface area contributed by atoms with Crippen molar-refractivity contribution >= 4 is 12.4 Å². The van der Waals surface area contributed by atoms with Crippen molar-refractivity contribution in [2.45, 2.75) is 13.0 Å². The first kappa shape index (κ1) is 14.2. The van der Waals surface area contributed by atoms with Gasteiger partial charge in [-0.15, -0.1) is 12.4 Å². The van der Waals surface area contributed by atoms with E-state index in [4.69, 9.17) is 5.11 Å². The lowest BCUT2D eigenvalue weighted by atomic mass is 10.1. The zero-order chi connectivity index (χ0) is 11.5. The van der Waals surface area contributed by atoms with Crippen molar-refractivity contribution in [1.29, 1.82) is 0 Å². The number of hydrogen-bond acceptors (Lipinski definition) is 3. The van der Waals surface area contributed by atoms with Gasteiger partial charge in [-0.3, -0.25) is 4.90 Å². The fourth-order valence-electron chi connectivity index (χ4n) is 2.06. The largest absolute Gasteiger partial charge is 0.505 e. The predicted molar refractivity (Wildman–Crippen MR) is 68.2 cm³/mol. The Bertz CT molecular complexity index is 370. The van der Waals surface area contributed by atoms with E-state index < -0.39 is 5.82 Å². The molecule has 1 fully saturated rings. The lowest BCUT2D eigenvalue weighted by Gasteiger charge is -2.33. The van der Waals surface area contributed by atoms with E-state index in [2.05, 4.69) is 17.1 Å². The fourth-order valence-corrected chi connectivity index (χ4v) is 2.06. The minimum Gasteiger partial charge on any atom is -0.505 e. The summed E-state index contributed by atoms with van der Waals surface area (Å²) >= 11 is 0. The van der Waals surface area contributed by atoms with Crippen LogP contribution in [0.25, 0.3) is 0 Å². The van der Waals surface area contributed by atoms with Gasteiger partial charge in [0, 0.05) is 32.2 Å². The van der Waals surface area contributed by atoms with Gasteiger partial charge in [0.05, 0.1) is 0 Å². The topological polar surface area (TPSA) is 35.5 Å². The van der Waals surface area contributed by atoms with Gasteiger partial charge in [-0.2, -0.15) is 0 Å². The highest BCUT2D eigenvalue weighted by Crippen LogP contribution is 2.24. The van der Waals surface area contributed by atoms with Gasteiger partial charge in [0.25, 0.3) is 0 Å².